The van der Waals surface area contributed by atoms with E-state index in [0.717, 1.165) is 6.42 Å². The summed E-state index contributed by atoms with van der Waals surface area (Å²) in [6, 6.07) is 0.113. The van der Waals surface area contributed by atoms with Gasteiger partial charge >= 0.3 is 0 Å². The van der Waals surface area contributed by atoms with Crippen LogP contribution in [0.1, 0.15) is 23.0 Å². The van der Waals surface area contributed by atoms with Crippen molar-refractivity contribution in [3.63, 3.8) is 0 Å². The minimum Gasteiger partial charge on any atom is -0.396 e. The van der Waals surface area contributed by atoms with Gasteiger partial charge in [0.05, 0.1) is 24.9 Å². The third kappa shape index (κ3) is 2.12. The average molecular weight is 292 g/mol. The summed E-state index contributed by atoms with van der Waals surface area (Å²) >= 11 is 1.31. The van der Waals surface area contributed by atoms with Crippen LogP contribution in [-0.2, 0) is 4.74 Å². The average Bonchev–Trinajstić information content (AvgIpc) is 2.84. The molecular weight excluding hydrogens is 276 g/mol. The zero-order chi connectivity index (χ0) is 14.1. The Hall–Kier alpha value is -1.73. The zero-order valence-electron chi connectivity index (χ0n) is 11.2. The molecule has 1 atom stereocenters. The van der Waals surface area contributed by atoms with Crippen molar-refractivity contribution in [3.05, 3.63) is 17.3 Å². The minimum atomic E-state index is -0.0394. The number of ether oxygens (including phenoxy) is 1. The van der Waals surface area contributed by atoms with Gasteiger partial charge in [-0.25, -0.2) is 9.97 Å². The number of nitrogens with two attached hydrogens (primary N) is 1. The molecule has 2 aromatic heterocycles. The molecular formula is C13H16N4O2S. The molecule has 0 saturated carbocycles. The van der Waals surface area contributed by atoms with E-state index in [1.54, 1.807) is 12.4 Å². The van der Waals surface area contributed by atoms with Crippen molar-refractivity contribution in [2.24, 2.45) is 0 Å². The van der Waals surface area contributed by atoms with Gasteiger partial charge in [-0.3, -0.25) is 4.79 Å². The fourth-order valence-electron chi connectivity index (χ4n) is 2.39. The van der Waals surface area contributed by atoms with Crippen molar-refractivity contribution in [3.8, 4) is 0 Å². The lowest BCUT2D eigenvalue weighted by Gasteiger charge is -2.34. The first kappa shape index (κ1) is 13.3. The lowest BCUT2D eigenvalue weighted by molar-refractivity contribution is -0.00248. The molecule has 2 aromatic rings. The van der Waals surface area contributed by atoms with Crippen molar-refractivity contribution in [2.75, 3.05) is 25.5 Å². The molecule has 7 heteroatoms. The summed E-state index contributed by atoms with van der Waals surface area (Å²) in [6.45, 7) is 3.82. The Morgan fingerprint density at radius 1 is 1.55 bits per heavy atom. The monoisotopic (exact) mass is 292 g/mol. The standard InChI is InChI=1S/C13H16N4O2S/c1-2-8-7-19-6-5-17(8)13(18)11-9(14)10-12(20-11)16-4-3-15-10/h3-4,8H,2,5-7,14H2,1H3. The highest BCUT2D eigenvalue weighted by Crippen LogP contribution is 2.32. The summed E-state index contributed by atoms with van der Waals surface area (Å²) in [4.78, 5) is 24.2. The number of rotatable bonds is 2. The molecule has 1 unspecified atom stereocenters. The molecule has 6 nitrogen and oxygen atoms in total. The number of hydrogen-bond donors (Lipinski definition) is 1. The molecule has 0 radical (unpaired) electrons. The summed E-state index contributed by atoms with van der Waals surface area (Å²) in [7, 11) is 0. The molecule has 106 valence electrons. The van der Waals surface area contributed by atoms with E-state index in [2.05, 4.69) is 16.9 Å². The first-order valence-electron chi connectivity index (χ1n) is 6.60. The van der Waals surface area contributed by atoms with Gasteiger partial charge in [0.2, 0.25) is 0 Å². The predicted octanol–water partition coefficient (Wildman–Crippen LogP) is 1.52. The van der Waals surface area contributed by atoms with Crippen LogP contribution in [0.15, 0.2) is 12.4 Å². The van der Waals surface area contributed by atoms with E-state index in [1.165, 1.54) is 11.3 Å². The van der Waals surface area contributed by atoms with Crippen LogP contribution in [0.25, 0.3) is 10.3 Å². The molecule has 2 N–H and O–H groups in total. The van der Waals surface area contributed by atoms with E-state index in [0.29, 0.717) is 40.7 Å². The van der Waals surface area contributed by atoms with Crippen LogP contribution in [-0.4, -0.2) is 46.6 Å². The van der Waals surface area contributed by atoms with Crippen molar-refractivity contribution < 1.29 is 9.53 Å². The van der Waals surface area contributed by atoms with Gasteiger partial charge in [-0.2, -0.15) is 0 Å². The van der Waals surface area contributed by atoms with Crippen molar-refractivity contribution in [1.29, 1.82) is 0 Å². The summed E-state index contributed by atoms with van der Waals surface area (Å²) < 4.78 is 5.43. The highest BCUT2D eigenvalue weighted by molar-refractivity contribution is 7.21. The normalized spacial score (nSPS) is 19.4. The van der Waals surface area contributed by atoms with E-state index in [9.17, 15) is 4.79 Å². The molecule has 1 aliphatic heterocycles. The van der Waals surface area contributed by atoms with Gasteiger partial charge < -0.3 is 15.4 Å². The largest absolute Gasteiger partial charge is 0.396 e. The SMILES string of the molecule is CCC1COCCN1C(=O)c1sc2nccnc2c1N. The molecule has 1 aliphatic rings. The quantitative estimate of drug-likeness (QED) is 0.907. The third-order valence-corrected chi connectivity index (χ3v) is 4.61. The Morgan fingerprint density at radius 2 is 2.35 bits per heavy atom. The number of aromatic nitrogens is 2. The number of hydrogen-bond acceptors (Lipinski definition) is 6. The van der Waals surface area contributed by atoms with Crippen LogP contribution in [0.2, 0.25) is 0 Å². The van der Waals surface area contributed by atoms with Crippen molar-refractivity contribution in [2.45, 2.75) is 19.4 Å². The maximum Gasteiger partial charge on any atom is 0.266 e. The lowest BCUT2D eigenvalue weighted by Crippen LogP contribution is -2.48. The third-order valence-electron chi connectivity index (χ3n) is 3.52. The number of carbonyl (C=O) groups is 1. The second-order valence-electron chi connectivity index (χ2n) is 4.69. The van der Waals surface area contributed by atoms with Gasteiger partial charge in [-0.15, -0.1) is 11.3 Å². The topological polar surface area (TPSA) is 81.3 Å². The molecule has 3 heterocycles. The fraction of sp³-hybridized carbons (Fsp3) is 0.462. The lowest BCUT2D eigenvalue weighted by atomic mass is 10.1. The summed E-state index contributed by atoms with van der Waals surface area (Å²) in [5.41, 5.74) is 7.11. The summed E-state index contributed by atoms with van der Waals surface area (Å²) in [6.07, 6.45) is 4.06. The van der Waals surface area contributed by atoms with Crippen molar-refractivity contribution >= 4 is 33.3 Å². The van der Waals surface area contributed by atoms with Crippen LogP contribution in [0.4, 0.5) is 5.69 Å². The predicted molar refractivity (Wildman–Crippen MR) is 77.8 cm³/mol. The van der Waals surface area contributed by atoms with E-state index in [-0.39, 0.29) is 11.9 Å². The van der Waals surface area contributed by atoms with Gasteiger partial charge in [0.15, 0.2) is 0 Å². The number of morpholine rings is 1. The van der Waals surface area contributed by atoms with Crippen LogP contribution < -0.4 is 5.73 Å². The fourth-order valence-corrected chi connectivity index (χ4v) is 3.37. The second kappa shape index (κ2) is 5.34. The number of nitrogen functional groups attached to an aromatic ring is 1. The van der Waals surface area contributed by atoms with Crippen LogP contribution in [0, 0.1) is 0 Å². The second-order valence-corrected chi connectivity index (χ2v) is 5.69. The van der Waals surface area contributed by atoms with E-state index >= 15 is 0 Å². The van der Waals surface area contributed by atoms with Crippen LogP contribution in [0.5, 0.6) is 0 Å². The van der Waals surface area contributed by atoms with Gasteiger partial charge in [0, 0.05) is 18.9 Å². The number of thiophene rings is 1. The molecule has 0 aliphatic carbocycles. The number of anilines is 1. The summed E-state index contributed by atoms with van der Waals surface area (Å²) in [5, 5.41) is 0. The summed E-state index contributed by atoms with van der Waals surface area (Å²) in [5.74, 6) is -0.0394. The number of amides is 1. The Morgan fingerprint density at radius 3 is 3.10 bits per heavy atom. The number of carbonyl (C=O) groups excluding carboxylic acids is 1. The van der Waals surface area contributed by atoms with Gasteiger partial charge in [0.25, 0.3) is 5.91 Å². The highest BCUT2D eigenvalue weighted by atomic mass is 32.1. The van der Waals surface area contributed by atoms with E-state index in [4.69, 9.17) is 10.5 Å². The van der Waals surface area contributed by atoms with E-state index < -0.39 is 0 Å². The molecule has 3 rings (SSSR count). The minimum absolute atomic E-state index is 0.0394. The molecule has 0 bridgehead atoms. The molecule has 20 heavy (non-hydrogen) atoms. The Balaban J connectivity index is 1.97. The molecule has 1 amide bonds. The Kier molecular flexibility index (Phi) is 3.54. The molecule has 1 saturated heterocycles. The molecule has 0 spiro atoms. The Labute approximate surface area is 120 Å². The first-order chi connectivity index (χ1) is 9.72. The van der Waals surface area contributed by atoms with E-state index in [1.807, 2.05) is 4.90 Å². The molecule has 1 fully saturated rings. The first-order valence-corrected chi connectivity index (χ1v) is 7.41. The highest BCUT2D eigenvalue weighted by Gasteiger charge is 2.29. The van der Waals surface area contributed by atoms with Gasteiger partial charge in [0.1, 0.15) is 15.2 Å². The molecule has 0 aromatic carbocycles. The maximum atomic E-state index is 12.7. The maximum absolute atomic E-state index is 12.7. The van der Waals surface area contributed by atoms with Gasteiger partial charge in [-0.1, -0.05) is 6.92 Å². The number of nitrogens with zero attached hydrogens (tertiary/aromatic N) is 3. The van der Waals surface area contributed by atoms with Crippen LogP contribution >= 0.6 is 11.3 Å². The van der Waals surface area contributed by atoms with Crippen molar-refractivity contribution in [1.82, 2.24) is 14.9 Å². The zero-order valence-corrected chi connectivity index (χ0v) is 12.0. The van der Waals surface area contributed by atoms with Gasteiger partial charge in [-0.05, 0) is 6.42 Å². The smallest absolute Gasteiger partial charge is 0.266 e. The Bertz CT molecular complexity index is 642. The number of fused-ring (bicyclic) bond motifs is 1. The van der Waals surface area contributed by atoms with Crippen LogP contribution in [0.3, 0.4) is 0 Å².